The minimum Gasteiger partial charge on any atom is -0.317 e. The molecule has 0 aromatic heterocycles. The Labute approximate surface area is 202 Å². The molecule has 0 heterocycles. The van der Waals surface area contributed by atoms with Crippen molar-refractivity contribution in [2.45, 2.75) is 51.1 Å². The minimum atomic E-state index is -1.13. The van der Waals surface area contributed by atoms with Gasteiger partial charge >= 0.3 is 6.03 Å². The van der Waals surface area contributed by atoms with Crippen LogP contribution in [-0.4, -0.2) is 17.0 Å². The van der Waals surface area contributed by atoms with E-state index in [1.807, 2.05) is 48.5 Å². The third kappa shape index (κ3) is 4.83. The van der Waals surface area contributed by atoms with Crippen LogP contribution in [-0.2, 0) is 6.54 Å². The highest BCUT2D eigenvalue weighted by atomic mass is 19.1. The van der Waals surface area contributed by atoms with E-state index in [9.17, 15) is 18.0 Å². The van der Waals surface area contributed by atoms with Gasteiger partial charge in [0, 0.05) is 24.7 Å². The molecule has 1 saturated carbocycles. The first-order valence-electron chi connectivity index (χ1n) is 12.1. The fraction of sp³-hybridized carbons (Fsp3) is 0.276. The lowest BCUT2D eigenvalue weighted by atomic mass is 9.95. The number of carbonyl (C=O) groups excluding carboxylic acids is 1. The Morgan fingerprint density at radius 3 is 1.91 bits per heavy atom. The number of amides is 2. The molecule has 0 atom stereocenters. The van der Waals surface area contributed by atoms with E-state index in [1.165, 1.54) is 0 Å². The predicted octanol–water partition coefficient (Wildman–Crippen LogP) is 8.17. The van der Waals surface area contributed by atoms with E-state index in [-0.39, 0.29) is 6.04 Å². The maximum Gasteiger partial charge on any atom is 0.322 e. The van der Waals surface area contributed by atoms with Gasteiger partial charge < -0.3 is 10.2 Å². The number of carbonyl (C=O) groups is 1. The molecule has 180 valence electrons. The number of fused-ring (bicyclic) bond motifs is 2. The van der Waals surface area contributed by atoms with Crippen molar-refractivity contribution in [1.82, 2.24) is 4.90 Å². The molecular weight excluding hydrogens is 449 g/mol. The number of nitrogens with one attached hydrogen (secondary N) is 1. The molecule has 1 N–H and O–H groups in total. The molecule has 3 nitrogen and oxygen atoms in total. The standard InChI is InChI=1S/C29H27F3N2O/c30-21-16-26(31)28(27(32)17-21)33-29(35)34(22-11-3-1-2-4-12-22)18-25-23-13-7-5-9-19(23)15-20-10-6-8-14-24(20)25/h5-10,13-17,22H,1-4,11-12,18H2,(H,33,35). The van der Waals surface area contributed by atoms with Gasteiger partial charge in [-0.2, -0.15) is 0 Å². The van der Waals surface area contributed by atoms with Crippen molar-refractivity contribution >= 4 is 33.3 Å². The maximum atomic E-state index is 14.4. The molecule has 0 bridgehead atoms. The molecule has 0 unspecified atom stereocenters. The van der Waals surface area contributed by atoms with E-state index >= 15 is 0 Å². The summed E-state index contributed by atoms with van der Waals surface area (Å²) in [5.41, 5.74) is 0.371. The third-order valence-electron chi connectivity index (χ3n) is 6.98. The second-order valence-electron chi connectivity index (χ2n) is 9.25. The molecule has 0 spiro atoms. The Hall–Kier alpha value is -3.54. The summed E-state index contributed by atoms with van der Waals surface area (Å²) in [7, 11) is 0. The SMILES string of the molecule is O=C(Nc1c(F)cc(F)cc1F)N(Cc1c2ccccc2cc2ccccc12)C1CCCCCC1. The quantitative estimate of drug-likeness (QED) is 0.234. The van der Waals surface area contributed by atoms with Crippen molar-refractivity contribution in [2.75, 3.05) is 5.32 Å². The van der Waals surface area contributed by atoms with Gasteiger partial charge in [-0.25, -0.2) is 18.0 Å². The monoisotopic (exact) mass is 476 g/mol. The lowest BCUT2D eigenvalue weighted by Crippen LogP contribution is -2.42. The van der Waals surface area contributed by atoms with Crippen LogP contribution in [0.4, 0.5) is 23.7 Å². The van der Waals surface area contributed by atoms with Crippen LogP contribution >= 0.6 is 0 Å². The molecule has 1 aliphatic rings. The second kappa shape index (κ2) is 9.98. The highest BCUT2D eigenvalue weighted by molar-refractivity contribution is 6.02. The fourth-order valence-electron chi connectivity index (χ4n) is 5.23. The average molecular weight is 477 g/mol. The van der Waals surface area contributed by atoms with Crippen LogP contribution in [0.1, 0.15) is 44.1 Å². The minimum absolute atomic E-state index is 0.0678. The highest BCUT2D eigenvalue weighted by Gasteiger charge is 2.28. The van der Waals surface area contributed by atoms with Crippen molar-refractivity contribution in [3.8, 4) is 0 Å². The molecule has 0 radical (unpaired) electrons. The maximum absolute atomic E-state index is 14.4. The van der Waals surface area contributed by atoms with Gasteiger partial charge in [-0.1, -0.05) is 74.2 Å². The lowest BCUT2D eigenvalue weighted by molar-refractivity contribution is 0.176. The first kappa shape index (κ1) is 23.2. The number of urea groups is 1. The van der Waals surface area contributed by atoms with Crippen LogP contribution in [0.15, 0.2) is 66.7 Å². The zero-order chi connectivity index (χ0) is 24.4. The normalized spacial score (nSPS) is 14.7. The first-order valence-corrected chi connectivity index (χ1v) is 12.1. The summed E-state index contributed by atoms with van der Waals surface area (Å²) >= 11 is 0. The van der Waals surface area contributed by atoms with Gasteiger partial charge in [0.05, 0.1) is 0 Å². The van der Waals surface area contributed by atoms with Gasteiger partial charge in [-0.15, -0.1) is 0 Å². The molecule has 0 saturated heterocycles. The molecule has 2 amide bonds. The zero-order valence-electron chi connectivity index (χ0n) is 19.4. The Bertz CT molecular complexity index is 1300. The van der Waals surface area contributed by atoms with Crippen molar-refractivity contribution in [2.24, 2.45) is 0 Å². The molecule has 1 aliphatic carbocycles. The Morgan fingerprint density at radius 1 is 0.800 bits per heavy atom. The molecule has 0 aliphatic heterocycles. The predicted molar refractivity (Wildman–Crippen MR) is 134 cm³/mol. The van der Waals surface area contributed by atoms with Gasteiger partial charge in [0.15, 0.2) is 11.6 Å². The molecule has 1 fully saturated rings. The van der Waals surface area contributed by atoms with Gasteiger partial charge in [-0.3, -0.25) is 0 Å². The molecular formula is C29H27F3N2O. The number of halogens is 3. The van der Waals surface area contributed by atoms with Crippen LogP contribution in [0.3, 0.4) is 0 Å². The Morgan fingerprint density at radius 2 is 1.34 bits per heavy atom. The first-order chi connectivity index (χ1) is 17.0. The van der Waals surface area contributed by atoms with E-state index in [0.717, 1.165) is 65.6 Å². The van der Waals surface area contributed by atoms with Crippen LogP contribution in [0.5, 0.6) is 0 Å². The summed E-state index contributed by atoms with van der Waals surface area (Å²) in [6.07, 6.45) is 5.83. The van der Waals surface area contributed by atoms with Crippen molar-refractivity contribution in [3.05, 3.63) is 89.7 Å². The molecule has 4 aromatic rings. The van der Waals surface area contributed by atoms with Crippen molar-refractivity contribution in [1.29, 1.82) is 0 Å². The Balaban J connectivity index is 1.58. The fourth-order valence-corrected chi connectivity index (χ4v) is 5.23. The van der Waals surface area contributed by atoms with Gasteiger partial charge in [-0.05, 0) is 46.0 Å². The largest absolute Gasteiger partial charge is 0.322 e. The molecule has 5 rings (SSSR count). The number of rotatable bonds is 4. The van der Waals surface area contributed by atoms with Crippen LogP contribution in [0.2, 0.25) is 0 Å². The summed E-state index contributed by atoms with van der Waals surface area (Å²) in [4.78, 5) is 15.3. The number of hydrogen-bond donors (Lipinski definition) is 1. The van der Waals surface area contributed by atoms with Crippen LogP contribution in [0.25, 0.3) is 21.5 Å². The van der Waals surface area contributed by atoms with Crippen molar-refractivity contribution in [3.63, 3.8) is 0 Å². The third-order valence-corrected chi connectivity index (χ3v) is 6.98. The Kier molecular flexibility index (Phi) is 6.62. The van der Waals surface area contributed by atoms with E-state index in [1.54, 1.807) is 4.90 Å². The molecule has 35 heavy (non-hydrogen) atoms. The van der Waals surface area contributed by atoms with Crippen molar-refractivity contribution < 1.29 is 18.0 Å². The highest BCUT2D eigenvalue weighted by Crippen LogP contribution is 2.32. The average Bonchev–Trinajstić information content (AvgIpc) is 3.13. The summed E-state index contributed by atoms with van der Waals surface area (Å²) in [5.74, 6) is -3.29. The van der Waals surface area contributed by atoms with E-state index in [2.05, 4.69) is 11.4 Å². The number of anilines is 1. The summed E-state index contributed by atoms with van der Waals surface area (Å²) < 4.78 is 42.2. The second-order valence-corrected chi connectivity index (χ2v) is 9.25. The number of benzene rings is 4. The van der Waals surface area contributed by atoms with E-state index < -0.39 is 29.2 Å². The van der Waals surface area contributed by atoms with E-state index in [0.29, 0.717) is 18.7 Å². The van der Waals surface area contributed by atoms with Gasteiger partial charge in [0.25, 0.3) is 0 Å². The van der Waals surface area contributed by atoms with Crippen LogP contribution < -0.4 is 5.32 Å². The van der Waals surface area contributed by atoms with Gasteiger partial charge in [0.1, 0.15) is 11.5 Å². The summed E-state index contributed by atoms with van der Waals surface area (Å²) in [5, 5.41) is 6.62. The topological polar surface area (TPSA) is 32.3 Å². The lowest BCUT2D eigenvalue weighted by Gasteiger charge is -2.32. The smallest absolute Gasteiger partial charge is 0.317 e. The van der Waals surface area contributed by atoms with Gasteiger partial charge in [0.2, 0.25) is 0 Å². The van der Waals surface area contributed by atoms with E-state index in [4.69, 9.17) is 0 Å². The van der Waals surface area contributed by atoms with Crippen LogP contribution in [0, 0.1) is 17.5 Å². The summed E-state index contributed by atoms with van der Waals surface area (Å²) in [6, 6.07) is 18.7. The summed E-state index contributed by atoms with van der Waals surface area (Å²) in [6.45, 7) is 0.294. The molecule has 4 aromatic carbocycles. The number of nitrogens with zero attached hydrogens (tertiary/aromatic N) is 1. The molecule has 6 heteroatoms. The zero-order valence-corrected chi connectivity index (χ0v) is 19.4. The number of hydrogen-bond acceptors (Lipinski definition) is 1.